The molecule has 1 heterocycles. The molecule has 2 aromatic rings. The number of carbonyl (C=O) groups excluding carboxylic acids is 2. The Kier molecular flexibility index (Phi) is 5.81. The van der Waals surface area contributed by atoms with Crippen LogP contribution >= 0.6 is 11.8 Å². The average Bonchev–Trinajstić information content (AvgIpc) is 2.90. The highest BCUT2D eigenvalue weighted by Crippen LogP contribution is 2.21. The molecule has 1 aromatic heterocycles. The quantitative estimate of drug-likeness (QED) is 0.822. The number of aryl methyl sites for hydroxylation is 2. The number of nitrogens with one attached hydrogen (secondary N) is 1. The van der Waals surface area contributed by atoms with E-state index >= 15 is 0 Å². The highest BCUT2D eigenvalue weighted by atomic mass is 32.2. The van der Waals surface area contributed by atoms with E-state index in [-0.39, 0.29) is 24.1 Å². The first-order valence-corrected chi connectivity index (χ1v) is 8.10. The van der Waals surface area contributed by atoms with E-state index in [1.54, 1.807) is 20.0 Å². The molecule has 0 unspecified atom stereocenters. The van der Waals surface area contributed by atoms with Crippen molar-refractivity contribution in [2.24, 2.45) is 0 Å². The summed E-state index contributed by atoms with van der Waals surface area (Å²) in [7, 11) is 1.61. The lowest BCUT2D eigenvalue weighted by atomic mass is 10.2. The van der Waals surface area contributed by atoms with Gasteiger partial charge in [0.1, 0.15) is 5.76 Å². The van der Waals surface area contributed by atoms with Gasteiger partial charge >= 0.3 is 0 Å². The van der Waals surface area contributed by atoms with Crippen LogP contribution in [0.4, 0.5) is 5.82 Å². The van der Waals surface area contributed by atoms with E-state index in [0.29, 0.717) is 11.6 Å². The molecule has 0 fully saturated rings. The van der Waals surface area contributed by atoms with E-state index in [1.807, 2.05) is 31.2 Å². The molecule has 6 nitrogen and oxygen atoms in total. The Morgan fingerprint density at radius 1 is 1.30 bits per heavy atom. The topological polar surface area (TPSA) is 75.4 Å². The fraction of sp³-hybridized carbons (Fsp3) is 0.312. The molecule has 0 spiro atoms. The zero-order valence-corrected chi connectivity index (χ0v) is 14.1. The predicted molar refractivity (Wildman–Crippen MR) is 89.4 cm³/mol. The van der Waals surface area contributed by atoms with E-state index < -0.39 is 0 Å². The van der Waals surface area contributed by atoms with Gasteiger partial charge in [-0.05, 0) is 25.5 Å². The molecule has 0 saturated carbocycles. The highest BCUT2D eigenvalue weighted by Gasteiger charge is 2.14. The fourth-order valence-electron chi connectivity index (χ4n) is 1.88. The monoisotopic (exact) mass is 333 g/mol. The summed E-state index contributed by atoms with van der Waals surface area (Å²) in [6.07, 6.45) is 0. The number of thioether (sulfide) groups is 1. The Morgan fingerprint density at radius 3 is 2.70 bits per heavy atom. The van der Waals surface area contributed by atoms with Crippen LogP contribution in [0.2, 0.25) is 0 Å². The third kappa shape index (κ3) is 5.14. The van der Waals surface area contributed by atoms with Crippen LogP contribution < -0.4 is 5.32 Å². The number of benzene rings is 1. The summed E-state index contributed by atoms with van der Waals surface area (Å²) >= 11 is 1.47. The smallest absolute Gasteiger partial charge is 0.245 e. The van der Waals surface area contributed by atoms with Crippen molar-refractivity contribution in [3.05, 3.63) is 41.7 Å². The third-order valence-corrected chi connectivity index (χ3v) is 4.31. The summed E-state index contributed by atoms with van der Waals surface area (Å²) in [5.41, 5.74) is 1.13. The van der Waals surface area contributed by atoms with Crippen LogP contribution in [-0.2, 0) is 9.59 Å². The summed E-state index contributed by atoms with van der Waals surface area (Å²) in [4.78, 5) is 26.4. The maximum atomic E-state index is 12.1. The van der Waals surface area contributed by atoms with Gasteiger partial charge in [0.05, 0.1) is 12.3 Å². The number of amides is 2. The van der Waals surface area contributed by atoms with Gasteiger partial charge in [-0.25, -0.2) is 0 Å². The van der Waals surface area contributed by atoms with Crippen LogP contribution in [0.1, 0.15) is 11.3 Å². The standard InChI is InChI=1S/C16H19N3O3S/c1-11-6-4-5-7-13(11)23-10-16(21)19(3)9-15(20)17-14-8-12(2)22-18-14/h4-8H,9-10H2,1-3H3,(H,17,18,20). The van der Waals surface area contributed by atoms with Crippen LogP contribution in [-0.4, -0.2) is 41.2 Å². The van der Waals surface area contributed by atoms with Crippen molar-refractivity contribution in [1.29, 1.82) is 0 Å². The molecule has 23 heavy (non-hydrogen) atoms. The summed E-state index contributed by atoms with van der Waals surface area (Å²) in [6.45, 7) is 3.71. The molecule has 2 amide bonds. The molecule has 0 aliphatic carbocycles. The zero-order valence-electron chi connectivity index (χ0n) is 13.3. The van der Waals surface area contributed by atoms with Gasteiger partial charge in [0.15, 0.2) is 5.82 Å². The minimum absolute atomic E-state index is 0.0287. The van der Waals surface area contributed by atoms with Crippen LogP contribution in [0.5, 0.6) is 0 Å². The van der Waals surface area contributed by atoms with Gasteiger partial charge in [0.25, 0.3) is 0 Å². The SMILES string of the molecule is Cc1cc(NC(=O)CN(C)C(=O)CSc2ccccc2C)no1. The summed E-state index contributed by atoms with van der Waals surface area (Å²) in [5.74, 6) is 0.833. The van der Waals surface area contributed by atoms with Crippen molar-refractivity contribution in [1.82, 2.24) is 10.1 Å². The molecule has 0 radical (unpaired) electrons. The summed E-state index contributed by atoms with van der Waals surface area (Å²) in [5, 5.41) is 6.27. The fourth-order valence-corrected chi connectivity index (χ4v) is 2.85. The molecular weight excluding hydrogens is 314 g/mol. The number of carbonyl (C=O) groups is 2. The number of nitrogens with zero attached hydrogens (tertiary/aromatic N) is 2. The van der Waals surface area contributed by atoms with Crippen LogP contribution in [0.15, 0.2) is 39.8 Å². The molecule has 1 aromatic carbocycles. The third-order valence-electron chi connectivity index (χ3n) is 3.15. The van der Waals surface area contributed by atoms with E-state index in [2.05, 4.69) is 10.5 Å². The minimum Gasteiger partial charge on any atom is -0.360 e. The Morgan fingerprint density at radius 2 is 2.04 bits per heavy atom. The van der Waals surface area contributed by atoms with Crippen LogP contribution in [0, 0.1) is 13.8 Å². The molecular formula is C16H19N3O3S. The zero-order chi connectivity index (χ0) is 16.8. The molecule has 122 valence electrons. The van der Waals surface area contributed by atoms with Crippen molar-refractivity contribution >= 4 is 29.4 Å². The van der Waals surface area contributed by atoms with Crippen molar-refractivity contribution < 1.29 is 14.1 Å². The maximum Gasteiger partial charge on any atom is 0.245 e. The number of aromatic nitrogens is 1. The van der Waals surface area contributed by atoms with E-state index in [1.165, 1.54) is 16.7 Å². The predicted octanol–water partition coefficient (Wildman–Crippen LogP) is 2.48. The normalized spacial score (nSPS) is 10.4. The van der Waals surface area contributed by atoms with E-state index in [4.69, 9.17) is 4.52 Å². The lowest BCUT2D eigenvalue weighted by molar-refractivity contribution is -0.131. The van der Waals surface area contributed by atoms with Gasteiger partial charge in [-0.15, -0.1) is 11.8 Å². The van der Waals surface area contributed by atoms with Gasteiger partial charge in [0.2, 0.25) is 11.8 Å². The van der Waals surface area contributed by atoms with Gasteiger partial charge in [-0.2, -0.15) is 0 Å². The van der Waals surface area contributed by atoms with Crippen LogP contribution in [0.25, 0.3) is 0 Å². The summed E-state index contributed by atoms with van der Waals surface area (Å²) in [6, 6.07) is 9.50. The van der Waals surface area contributed by atoms with Gasteiger partial charge in [-0.3, -0.25) is 9.59 Å². The molecule has 0 bridgehead atoms. The first kappa shape index (κ1) is 17.1. The Hall–Kier alpha value is -2.28. The number of anilines is 1. The largest absolute Gasteiger partial charge is 0.360 e. The lowest BCUT2D eigenvalue weighted by Gasteiger charge is -2.16. The molecule has 2 rings (SSSR count). The van der Waals surface area contributed by atoms with Crippen molar-refractivity contribution in [2.45, 2.75) is 18.7 Å². The lowest BCUT2D eigenvalue weighted by Crippen LogP contribution is -2.36. The molecule has 0 saturated heterocycles. The first-order valence-electron chi connectivity index (χ1n) is 7.11. The number of hydrogen-bond acceptors (Lipinski definition) is 5. The Bertz CT molecular complexity index is 699. The van der Waals surface area contributed by atoms with Gasteiger partial charge in [-0.1, -0.05) is 23.4 Å². The minimum atomic E-state index is -0.310. The molecule has 1 N–H and O–H groups in total. The maximum absolute atomic E-state index is 12.1. The molecule has 7 heteroatoms. The van der Waals surface area contributed by atoms with Crippen molar-refractivity contribution in [2.75, 3.05) is 24.7 Å². The van der Waals surface area contributed by atoms with Gasteiger partial charge in [0, 0.05) is 18.0 Å². The number of hydrogen-bond donors (Lipinski definition) is 1. The van der Waals surface area contributed by atoms with E-state index in [0.717, 1.165) is 10.5 Å². The average molecular weight is 333 g/mol. The second kappa shape index (κ2) is 7.82. The second-order valence-electron chi connectivity index (χ2n) is 5.17. The van der Waals surface area contributed by atoms with E-state index in [9.17, 15) is 9.59 Å². The molecule has 0 aliphatic heterocycles. The Balaban J connectivity index is 1.80. The Labute approximate surface area is 139 Å². The van der Waals surface area contributed by atoms with Gasteiger partial charge < -0.3 is 14.7 Å². The summed E-state index contributed by atoms with van der Waals surface area (Å²) < 4.78 is 4.87. The van der Waals surface area contributed by atoms with Crippen LogP contribution in [0.3, 0.4) is 0 Å². The second-order valence-corrected chi connectivity index (χ2v) is 6.19. The molecule has 0 aliphatic rings. The first-order chi connectivity index (χ1) is 11.0. The van der Waals surface area contributed by atoms with Crippen molar-refractivity contribution in [3.8, 4) is 0 Å². The highest BCUT2D eigenvalue weighted by molar-refractivity contribution is 8.00. The number of rotatable bonds is 6. The number of likely N-dealkylation sites (N-methyl/N-ethyl adjacent to an activating group) is 1. The van der Waals surface area contributed by atoms with Crippen molar-refractivity contribution in [3.63, 3.8) is 0 Å². The molecule has 0 atom stereocenters.